The number of benzene rings is 1. The van der Waals surface area contributed by atoms with Crippen LogP contribution < -0.4 is 10.9 Å². The minimum atomic E-state index is -0.771. The van der Waals surface area contributed by atoms with Crippen LogP contribution in [-0.2, 0) is 9.53 Å². The number of rotatable bonds is 6. The Morgan fingerprint density at radius 1 is 1.36 bits per heavy atom. The van der Waals surface area contributed by atoms with Gasteiger partial charge in [-0.15, -0.1) is 0 Å². The Balaban J connectivity index is 2.19. The van der Waals surface area contributed by atoms with E-state index in [9.17, 15) is 14.0 Å². The Labute approximate surface area is 166 Å². The monoisotopic (exact) mass is 403 g/mol. The molecule has 0 radical (unpaired) electrons. The van der Waals surface area contributed by atoms with Crippen molar-refractivity contribution in [1.82, 2.24) is 9.97 Å². The molecule has 2 N–H and O–H groups in total. The van der Waals surface area contributed by atoms with Crippen molar-refractivity contribution in [3.8, 4) is 0 Å². The van der Waals surface area contributed by atoms with Crippen LogP contribution in [0.1, 0.15) is 44.2 Å². The number of allylic oxidation sites excluding steroid dienone is 1. The average Bonchev–Trinajstić information content (AvgIpc) is 2.65. The van der Waals surface area contributed by atoms with Gasteiger partial charge in [-0.2, -0.15) is 0 Å². The van der Waals surface area contributed by atoms with Gasteiger partial charge in [0.25, 0.3) is 5.56 Å². The SMILES string of the molecule is CCCSc1nc2c(c(=O)[nH]1)C(c1cccc(F)c1)C(C(=O)OCC)=C(C)N2. The molecule has 1 aromatic heterocycles. The number of carbonyl (C=O) groups is 1. The number of hydrogen-bond donors (Lipinski definition) is 2. The van der Waals surface area contributed by atoms with Gasteiger partial charge < -0.3 is 15.0 Å². The number of thioether (sulfide) groups is 1. The number of nitrogens with one attached hydrogen (secondary N) is 2. The van der Waals surface area contributed by atoms with E-state index in [1.165, 1.54) is 23.9 Å². The van der Waals surface area contributed by atoms with Crippen LogP contribution in [-0.4, -0.2) is 28.3 Å². The lowest BCUT2D eigenvalue weighted by atomic mass is 9.82. The summed E-state index contributed by atoms with van der Waals surface area (Å²) in [5, 5.41) is 3.57. The van der Waals surface area contributed by atoms with E-state index >= 15 is 0 Å². The predicted octanol–water partition coefficient (Wildman–Crippen LogP) is 3.81. The molecule has 28 heavy (non-hydrogen) atoms. The fourth-order valence-electron chi connectivity index (χ4n) is 3.20. The number of aromatic nitrogens is 2. The fourth-order valence-corrected chi connectivity index (χ4v) is 3.92. The first-order valence-corrected chi connectivity index (χ1v) is 10.1. The standard InChI is InChI=1S/C20H22FN3O3S/c1-4-9-28-20-23-17-16(18(25)24-20)15(12-7-6-8-13(21)10-12)14(11(3)22-17)19(26)27-5-2/h6-8,10,15H,4-5,9H2,1-3H3,(H2,22,23,24,25). The zero-order valence-electron chi connectivity index (χ0n) is 16.0. The number of nitrogens with zero attached hydrogens (tertiary/aromatic N) is 1. The molecular formula is C20H22FN3O3S. The van der Waals surface area contributed by atoms with Crippen molar-refractivity contribution in [2.24, 2.45) is 0 Å². The first-order chi connectivity index (χ1) is 13.5. The van der Waals surface area contributed by atoms with Crippen molar-refractivity contribution >= 4 is 23.5 Å². The lowest BCUT2D eigenvalue weighted by molar-refractivity contribution is -0.138. The number of aromatic amines is 1. The third-order valence-electron chi connectivity index (χ3n) is 4.34. The minimum absolute atomic E-state index is 0.194. The molecule has 1 unspecified atom stereocenters. The largest absolute Gasteiger partial charge is 0.463 e. The number of esters is 1. The van der Waals surface area contributed by atoms with Crippen LogP contribution >= 0.6 is 11.8 Å². The van der Waals surface area contributed by atoms with Crippen molar-refractivity contribution < 1.29 is 13.9 Å². The number of halogens is 1. The van der Waals surface area contributed by atoms with Crippen LogP contribution in [0.5, 0.6) is 0 Å². The first-order valence-electron chi connectivity index (χ1n) is 9.13. The molecule has 0 fully saturated rings. The molecule has 0 saturated carbocycles. The molecule has 1 atom stereocenters. The third kappa shape index (κ3) is 3.96. The Morgan fingerprint density at radius 3 is 2.82 bits per heavy atom. The maximum absolute atomic E-state index is 13.9. The maximum atomic E-state index is 13.9. The topological polar surface area (TPSA) is 84.1 Å². The summed E-state index contributed by atoms with van der Waals surface area (Å²) >= 11 is 1.45. The molecule has 8 heteroatoms. The van der Waals surface area contributed by atoms with Gasteiger partial charge in [0.15, 0.2) is 5.16 Å². The smallest absolute Gasteiger partial charge is 0.336 e. The summed E-state index contributed by atoms with van der Waals surface area (Å²) in [4.78, 5) is 32.9. The van der Waals surface area contributed by atoms with Crippen molar-refractivity contribution in [1.29, 1.82) is 0 Å². The number of fused-ring (bicyclic) bond motifs is 1. The van der Waals surface area contributed by atoms with Gasteiger partial charge in [0, 0.05) is 11.4 Å². The highest BCUT2D eigenvalue weighted by Crippen LogP contribution is 2.40. The number of hydrogen-bond acceptors (Lipinski definition) is 6. The summed E-state index contributed by atoms with van der Waals surface area (Å²) < 4.78 is 19.1. The summed E-state index contributed by atoms with van der Waals surface area (Å²) in [6.45, 7) is 5.67. The quantitative estimate of drug-likeness (QED) is 0.434. The van der Waals surface area contributed by atoms with Crippen LogP contribution in [0.3, 0.4) is 0 Å². The number of anilines is 1. The predicted molar refractivity (Wildman–Crippen MR) is 107 cm³/mol. The van der Waals surface area contributed by atoms with Gasteiger partial charge in [0.2, 0.25) is 0 Å². The fraction of sp³-hybridized carbons (Fsp3) is 0.350. The molecule has 1 aliphatic rings. The van der Waals surface area contributed by atoms with Crippen LogP contribution in [0.25, 0.3) is 0 Å². The van der Waals surface area contributed by atoms with Crippen LogP contribution in [0.15, 0.2) is 45.5 Å². The molecule has 0 aliphatic carbocycles. The molecular weight excluding hydrogens is 381 g/mol. The molecule has 0 bridgehead atoms. The van der Waals surface area contributed by atoms with Gasteiger partial charge in [0.1, 0.15) is 11.6 Å². The van der Waals surface area contributed by atoms with Gasteiger partial charge in [-0.25, -0.2) is 14.2 Å². The van der Waals surface area contributed by atoms with Gasteiger partial charge in [-0.3, -0.25) is 4.79 Å². The molecule has 1 aromatic carbocycles. The summed E-state index contributed by atoms with van der Waals surface area (Å²) in [7, 11) is 0. The highest BCUT2D eigenvalue weighted by atomic mass is 32.2. The third-order valence-corrected chi connectivity index (χ3v) is 5.42. The van der Waals surface area contributed by atoms with Crippen molar-refractivity contribution in [2.75, 3.05) is 17.7 Å². The average molecular weight is 403 g/mol. The van der Waals surface area contributed by atoms with Gasteiger partial charge in [-0.05, 0) is 38.0 Å². The summed E-state index contributed by atoms with van der Waals surface area (Å²) in [5.41, 5.74) is 1.22. The van der Waals surface area contributed by atoms with E-state index in [2.05, 4.69) is 15.3 Å². The molecule has 1 aliphatic heterocycles. The second-order valence-electron chi connectivity index (χ2n) is 6.35. The van der Waals surface area contributed by atoms with E-state index in [1.807, 2.05) is 6.92 Å². The van der Waals surface area contributed by atoms with E-state index in [0.29, 0.717) is 22.2 Å². The van der Waals surface area contributed by atoms with Gasteiger partial charge in [0.05, 0.1) is 23.7 Å². The van der Waals surface area contributed by atoms with Crippen molar-refractivity contribution in [2.45, 2.75) is 38.3 Å². The van der Waals surface area contributed by atoms with E-state index in [0.717, 1.165) is 12.2 Å². The molecule has 3 rings (SSSR count). The Kier molecular flexibility index (Phi) is 6.18. The van der Waals surface area contributed by atoms with Crippen LogP contribution in [0.4, 0.5) is 10.2 Å². The second-order valence-corrected chi connectivity index (χ2v) is 7.44. The molecule has 6 nitrogen and oxygen atoms in total. The second kappa shape index (κ2) is 8.60. The first kappa shape index (κ1) is 20.1. The molecule has 2 aromatic rings. The van der Waals surface area contributed by atoms with Gasteiger partial charge in [-0.1, -0.05) is 30.8 Å². The Morgan fingerprint density at radius 2 is 2.14 bits per heavy atom. The summed E-state index contributed by atoms with van der Waals surface area (Å²) in [6, 6.07) is 5.89. The highest BCUT2D eigenvalue weighted by molar-refractivity contribution is 7.99. The van der Waals surface area contributed by atoms with Crippen molar-refractivity contribution in [3.05, 3.63) is 62.8 Å². The highest BCUT2D eigenvalue weighted by Gasteiger charge is 2.36. The number of carbonyl (C=O) groups excluding carboxylic acids is 1. The molecule has 0 spiro atoms. The molecule has 0 saturated heterocycles. The lowest BCUT2D eigenvalue weighted by Crippen LogP contribution is -2.31. The van der Waals surface area contributed by atoms with E-state index < -0.39 is 17.7 Å². The Bertz CT molecular complexity index is 987. The number of H-pyrrole nitrogens is 1. The summed E-state index contributed by atoms with van der Waals surface area (Å²) in [5.74, 6) is -0.568. The van der Waals surface area contributed by atoms with E-state index in [1.54, 1.807) is 26.0 Å². The molecule has 148 valence electrons. The Hall–Kier alpha value is -2.61. The maximum Gasteiger partial charge on any atom is 0.336 e. The van der Waals surface area contributed by atoms with E-state index in [4.69, 9.17) is 4.74 Å². The summed E-state index contributed by atoms with van der Waals surface area (Å²) in [6.07, 6.45) is 0.941. The van der Waals surface area contributed by atoms with E-state index in [-0.39, 0.29) is 23.3 Å². The minimum Gasteiger partial charge on any atom is -0.463 e. The zero-order valence-corrected chi connectivity index (χ0v) is 16.8. The van der Waals surface area contributed by atoms with Crippen molar-refractivity contribution in [3.63, 3.8) is 0 Å². The number of ether oxygens (including phenoxy) is 1. The lowest BCUT2D eigenvalue weighted by Gasteiger charge is -2.28. The zero-order chi connectivity index (χ0) is 20.3. The normalized spacial score (nSPS) is 15.8. The van der Waals surface area contributed by atoms with Crippen LogP contribution in [0.2, 0.25) is 0 Å². The molecule has 0 amide bonds. The van der Waals surface area contributed by atoms with Crippen LogP contribution in [0, 0.1) is 5.82 Å². The van der Waals surface area contributed by atoms with Gasteiger partial charge >= 0.3 is 5.97 Å². The molecule has 2 heterocycles.